The van der Waals surface area contributed by atoms with Crippen LogP contribution in [-0.4, -0.2) is 23.9 Å². The van der Waals surface area contributed by atoms with Crippen LogP contribution in [0.15, 0.2) is 47.8 Å². The van der Waals surface area contributed by atoms with Crippen LogP contribution in [0.3, 0.4) is 0 Å². The predicted octanol–water partition coefficient (Wildman–Crippen LogP) is 4.20. The fourth-order valence-electron chi connectivity index (χ4n) is 2.60. The van der Waals surface area contributed by atoms with Crippen molar-refractivity contribution >= 4 is 34.0 Å². The molecule has 6 nitrogen and oxygen atoms in total. The van der Waals surface area contributed by atoms with Gasteiger partial charge in [-0.3, -0.25) is 14.9 Å². The summed E-state index contributed by atoms with van der Waals surface area (Å²) in [6.07, 6.45) is 0.141. The average molecular weight is 395 g/mol. The van der Waals surface area contributed by atoms with E-state index in [1.807, 2.05) is 32.0 Å². The van der Waals surface area contributed by atoms with E-state index in [2.05, 4.69) is 15.6 Å². The third-order valence-electron chi connectivity index (χ3n) is 4.34. The minimum Gasteiger partial charge on any atom is -0.497 e. The second kappa shape index (κ2) is 8.67. The van der Waals surface area contributed by atoms with E-state index in [0.717, 1.165) is 16.8 Å². The maximum Gasteiger partial charge on any atom is 0.257 e. The van der Waals surface area contributed by atoms with Gasteiger partial charge in [0.25, 0.3) is 5.91 Å². The van der Waals surface area contributed by atoms with Gasteiger partial charge in [-0.2, -0.15) is 0 Å². The third kappa shape index (κ3) is 4.75. The van der Waals surface area contributed by atoms with Crippen LogP contribution < -0.4 is 15.4 Å². The summed E-state index contributed by atoms with van der Waals surface area (Å²) in [6.45, 7) is 3.98. The Balaban J connectivity index is 1.59. The van der Waals surface area contributed by atoms with E-state index in [4.69, 9.17) is 4.74 Å². The number of methoxy groups -OCH3 is 1. The number of aryl methyl sites for hydroxylation is 1. The van der Waals surface area contributed by atoms with Gasteiger partial charge in [0.15, 0.2) is 5.13 Å². The van der Waals surface area contributed by atoms with Crippen LogP contribution >= 0.6 is 11.3 Å². The Hall–Kier alpha value is -3.19. The fourth-order valence-corrected chi connectivity index (χ4v) is 3.31. The van der Waals surface area contributed by atoms with Crippen LogP contribution in [0.1, 0.15) is 27.2 Å². The van der Waals surface area contributed by atoms with E-state index in [9.17, 15) is 9.59 Å². The number of hydrogen-bond acceptors (Lipinski definition) is 5. The molecule has 0 aliphatic heterocycles. The maximum absolute atomic E-state index is 12.3. The molecule has 2 amide bonds. The summed E-state index contributed by atoms with van der Waals surface area (Å²) in [4.78, 5) is 28.9. The van der Waals surface area contributed by atoms with Crippen molar-refractivity contribution in [2.24, 2.45) is 0 Å². The molecule has 1 aromatic heterocycles. The number of benzene rings is 2. The molecule has 0 spiro atoms. The Bertz CT molecular complexity index is 996. The minimum atomic E-state index is -0.261. The summed E-state index contributed by atoms with van der Waals surface area (Å²) < 4.78 is 5.08. The number of hydrogen-bond donors (Lipinski definition) is 2. The van der Waals surface area contributed by atoms with Gasteiger partial charge >= 0.3 is 0 Å². The first-order valence-corrected chi connectivity index (χ1v) is 9.60. The molecule has 28 heavy (non-hydrogen) atoms. The minimum absolute atomic E-state index is 0.141. The molecule has 3 rings (SSSR count). The highest BCUT2D eigenvalue weighted by atomic mass is 32.1. The molecule has 0 atom stereocenters. The molecule has 0 radical (unpaired) electrons. The van der Waals surface area contributed by atoms with Gasteiger partial charge < -0.3 is 10.1 Å². The predicted molar refractivity (Wildman–Crippen MR) is 111 cm³/mol. The summed E-state index contributed by atoms with van der Waals surface area (Å²) in [5.74, 6) is 0.276. The first-order valence-electron chi connectivity index (χ1n) is 8.72. The van der Waals surface area contributed by atoms with Crippen LogP contribution in [0, 0.1) is 13.8 Å². The molecule has 1 heterocycles. The second-order valence-electron chi connectivity index (χ2n) is 6.30. The van der Waals surface area contributed by atoms with Crippen LogP contribution in [0.5, 0.6) is 5.75 Å². The zero-order valence-corrected chi connectivity index (χ0v) is 16.7. The van der Waals surface area contributed by atoms with Crippen LogP contribution in [0.4, 0.5) is 10.8 Å². The number of carbonyl (C=O) groups excluding carboxylic acids is 2. The molecule has 0 saturated heterocycles. The lowest BCUT2D eigenvalue weighted by Gasteiger charge is -2.09. The molecule has 2 N–H and O–H groups in total. The zero-order valence-electron chi connectivity index (χ0n) is 15.9. The summed E-state index contributed by atoms with van der Waals surface area (Å²) in [6, 6.07) is 12.6. The molecule has 0 fully saturated rings. The Labute approximate surface area is 167 Å². The Morgan fingerprint density at radius 2 is 1.82 bits per heavy atom. The van der Waals surface area contributed by atoms with E-state index in [1.165, 1.54) is 11.3 Å². The Morgan fingerprint density at radius 1 is 1.07 bits per heavy atom. The number of carbonyl (C=O) groups is 2. The molecule has 7 heteroatoms. The number of thiazole rings is 1. The summed E-state index contributed by atoms with van der Waals surface area (Å²) in [5.41, 5.74) is 4.08. The van der Waals surface area contributed by atoms with Crippen molar-refractivity contribution in [1.29, 1.82) is 0 Å². The number of anilines is 2. The maximum atomic E-state index is 12.3. The number of ether oxygens (including phenoxy) is 1. The van der Waals surface area contributed by atoms with Gasteiger partial charge in [-0.1, -0.05) is 12.1 Å². The molecule has 0 bridgehead atoms. The molecular weight excluding hydrogens is 374 g/mol. The fraction of sp³-hybridized carbons (Fsp3) is 0.190. The van der Waals surface area contributed by atoms with Gasteiger partial charge in [-0.15, -0.1) is 11.3 Å². The van der Waals surface area contributed by atoms with Crippen LogP contribution in [-0.2, 0) is 11.2 Å². The van der Waals surface area contributed by atoms with Gasteiger partial charge in [-0.25, -0.2) is 4.98 Å². The van der Waals surface area contributed by atoms with Gasteiger partial charge in [0.1, 0.15) is 5.75 Å². The SMILES string of the molecule is COc1ccc(C(=O)Nc2nc(CC(=O)Nc3cccc(C)c3C)cs2)cc1. The Morgan fingerprint density at radius 3 is 2.54 bits per heavy atom. The molecule has 0 unspecified atom stereocenters. The lowest BCUT2D eigenvalue weighted by atomic mass is 10.1. The average Bonchev–Trinajstić information content (AvgIpc) is 3.12. The monoisotopic (exact) mass is 395 g/mol. The quantitative estimate of drug-likeness (QED) is 0.655. The summed E-state index contributed by atoms with van der Waals surface area (Å²) in [5, 5.41) is 7.89. The summed E-state index contributed by atoms with van der Waals surface area (Å²) in [7, 11) is 1.57. The van der Waals surface area contributed by atoms with Gasteiger partial charge in [0.05, 0.1) is 19.2 Å². The number of aromatic nitrogens is 1. The topological polar surface area (TPSA) is 80.3 Å². The van der Waals surface area contributed by atoms with Crippen molar-refractivity contribution in [3.05, 3.63) is 70.2 Å². The Kier molecular flexibility index (Phi) is 6.06. The standard InChI is InChI=1S/C21H21N3O3S/c1-13-5-4-6-18(14(13)2)23-19(25)11-16-12-28-21(22-16)24-20(26)15-7-9-17(27-3)10-8-15/h4-10,12H,11H2,1-3H3,(H,23,25)(H,22,24,26). The molecule has 0 aliphatic carbocycles. The molecule has 144 valence electrons. The van der Waals surface area contributed by atoms with E-state index < -0.39 is 0 Å². The van der Waals surface area contributed by atoms with E-state index >= 15 is 0 Å². The van der Waals surface area contributed by atoms with Gasteiger partial charge in [0, 0.05) is 16.6 Å². The van der Waals surface area contributed by atoms with Crippen molar-refractivity contribution in [3.63, 3.8) is 0 Å². The van der Waals surface area contributed by atoms with E-state index in [-0.39, 0.29) is 18.2 Å². The molecule has 0 aliphatic rings. The highest BCUT2D eigenvalue weighted by Gasteiger charge is 2.12. The van der Waals surface area contributed by atoms with Crippen molar-refractivity contribution in [2.45, 2.75) is 20.3 Å². The number of nitrogens with one attached hydrogen (secondary N) is 2. The lowest BCUT2D eigenvalue weighted by molar-refractivity contribution is -0.115. The van der Waals surface area contributed by atoms with Crippen LogP contribution in [0.2, 0.25) is 0 Å². The molecular formula is C21H21N3O3S. The molecule has 2 aromatic carbocycles. The smallest absolute Gasteiger partial charge is 0.257 e. The van der Waals surface area contributed by atoms with E-state index in [1.54, 1.807) is 36.8 Å². The van der Waals surface area contributed by atoms with Crippen molar-refractivity contribution < 1.29 is 14.3 Å². The highest BCUT2D eigenvalue weighted by Crippen LogP contribution is 2.20. The van der Waals surface area contributed by atoms with Gasteiger partial charge in [-0.05, 0) is 55.3 Å². The van der Waals surface area contributed by atoms with E-state index in [0.29, 0.717) is 22.1 Å². The second-order valence-corrected chi connectivity index (χ2v) is 7.16. The summed E-state index contributed by atoms with van der Waals surface area (Å²) >= 11 is 1.29. The zero-order chi connectivity index (χ0) is 20.1. The largest absolute Gasteiger partial charge is 0.497 e. The third-order valence-corrected chi connectivity index (χ3v) is 5.15. The molecule has 0 saturated carbocycles. The van der Waals surface area contributed by atoms with Crippen molar-refractivity contribution in [1.82, 2.24) is 4.98 Å². The van der Waals surface area contributed by atoms with Crippen LogP contribution in [0.25, 0.3) is 0 Å². The van der Waals surface area contributed by atoms with Gasteiger partial charge in [0.2, 0.25) is 5.91 Å². The first kappa shape index (κ1) is 19.6. The number of nitrogens with zero attached hydrogens (tertiary/aromatic N) is 1. The van der Waals surface area contributed by atoms with Crippen molar-refractivity contribution in [3.8, 4) is 5.75 Å². The van der Waals surface area contributed by atoms with Crippen molar-refractivity contribution in [2.75, 3.05) is 17.7 Å². The number of rotatable bonds is 6. The number of amides is 2. The lowest BCUT2D eigenvalue weighted by Crippen LogP contribution is -2.16. The normalized spacial score (nSPS) is 10.4. The molecule has 3 aromatic rings. The highest BCUT2D eigenvalue weighted by molar-refractivity contribution is 7.14. The first-order chi connectivity index (χ1) is 13.5.